The highest BCUT2D eigenvalue weighted by Crippen LogP contribution is 2.25. The van der Waals surface area contributed by atoms with Crippen molar-refractivity contribution in [3.8, 4) is 0 Å². The molecule has 0 nitrogen and oxygen atoms in total. The van der Waals surface area contributed by atoms with Gasteiger partial charge in [-0.3, -0.25) is 0 Å². The number of rotatable bonds is 5. The van der Waals surface area contributed by atoms with Crippen molar-refractivity contribution in [3.63, 3.8) is 0 Å². The lowest BCUT2D eigenvalue weighted by atomic mass is 9.92. The van der Waals surface area contributed by atoms with Gasteiger partial charge in [0.15, 0.2) is 0 Å². The van der Waals surface area contributed by atoms with Crippen molar-refractivity contribution in [1.29, 1.82) is 0 Å². The van der Waals surface area contributed by atoms with Crippen LogP contribution >= 0.6 is 11.6 Å². The van der Waals surface area contributed by atoms with E-state index in [2.05, 4.69) is 62.4 Å². The minimum Gasteiger partial charge on any atom is -0.0843 e. The molecule has 1 atom stereocenters. The fourth-order valence-corrected chi connectivity index (χ4v) is 2.62. The maximum Gasteiger partial charge on any atom is 0.0411 e. The van der Waals surface area contributed by atoms with Gasteiger partial charge in [-0.25, -0.2) is 0 Å². The Bertz CT molecular complexity index is 516. The number of aryl methyl sites for hydroxylation is 2. The van der Waals surface area contributed by atoms with Crippen LogP contribution in [-0.2, 0) is 12.8 Å². The SMILES string of the molecule is CCc1cc(Cl)cc(C(C)CCc2ccccc2)c1. The fourth-order valence-electron chi connectivity index (χ4n) is 2.36. The van der Waals surface area contributed by atoms with Crippen LogP contribution in [0.25, 0.3) is 0 Å². The molecular formula is C18H21Cl. The molecule has 0 heterocycles. The summed E-state index contributed by atoms with van der Waals surface area (Å²) < 4.78 is 0. The molecule has 0 saturated carbocycles. The van der Waals surface area contributed by atoms with E-state index >= 15 is 0 Å². The zero-order valence-corrected chi connectivity index (χ0v) is 12.5. The highest BCUT2D eigenvalue weighted by molar-refractivity contribution is 6.30. The van der Waals surface area contributed by atoms with Crippen molar-refractivity contribution >= 4 is 11.6 Å². The number of hydrogen-bond acceptors (Lipinski definition) is 0. The van der Waals surface area contributed by atoms with Crippen LogP contribution in [0.5, 0.6) is 0 Å². The summed E-state index contributed by atoms with van der Waals surface area (Å²) in [6, 6.07) is 17.1. The number of hydrogen-bond donors (Lipinski definition) is 0. The van der Waals surface area contributed by atoms with Gasteiger partial charge in [-0.05, 0) is 54.0 Å². The van der Waals surface area contributed by atoms with Crippen LogP contribution in [0.1, 0.15) is 42.9 Å². The molecule has 0 aliphatic heterocycles. The van der Waals surface area contributed by atoms with Crippen molar-refractivity contribution < 1.29 is 0 Å². The van der Waals surface area contributed by atoms with Crippen LogP contribution in [0.3, 0.4) is 0 Å². The van der Waals surface area contributed by atoms with E-state index in [1.54, 1.807) is 0 Å². The Balaban J connectivity index is 2.03. The summed E-state index contributed by atoms with van der Waals surface area (Å²) in [5.74, 6) is 0.546. The molecule has 100 valence electrons. The molecule has 1 unspecified atom stereocenters. The van der Waals surface area contributed by atoms with Crippen LogP contribution in [-0.4, -0.2) is 0 Å². The molecule has 0 radical (unpaired) electrons. The largest absolute Gasteiger partial charge is 0.0843 e. The Kier molecular flexibility index (Phi) is 5.04. The van der Waals surface area contributed by atoms with Crippen molar-refractivity contribution in [1.82, 2.24) is 0 Å². The minimum atomic E-state index is 0.546. The zero-order valence-electron chi connectivity index (χ0n) is 11.7. The van der Waals surface area contributed by atoms with E-state index in [1.807, 2.05) is 0 Å². The lowest BCUT2D eigenvalue weighted by molar-refractivity contribution is 0.678. The molecule has 0 saturated heterocycles. The maximum absolute atomic E-state index is 6.19. The molecule has 19 heavy (non-hydrogen) atoms. The first-order valence-corrected chi connectivity index (χ1v) is 7.40. The average Bonchev–Trinajstić information content (AvgIpc) is 2.45. The van der Waals surface area contributed by atoms with Gasteiger partial charge >= 0.3 is 0 Å². The molecule has 2 rings (SSSR count). The lowest BCUT2D eigenvalue weighted by Crippen LogP contribution is -1.98. The molecule has 0 bridgehead atoms. The van der Waals surface area contributed by atoms with Gasteiger partial charge in [0.05, 0.1) is 0 Å². The van der Waals surface area contributed by atoms with E-state index in [0.717, 1.165) is 24.3 Å². The van der Waals surface area contributed by atoms with E-state index < -0.39 is 0 Å². The second-order valence-corrected chi connectivity index (χ2v) is 5.61. The molecule has 0 aliphatic rings. The summed E-state index contributed by atoms with van der Waals surface area (Å²) in [6.45, 7) is 4.46. The Labute approximate surface area is 121 Å². The monoisotopic (exact) mass is 272 g/mol. The molecule has 2 aromatic rings. The first-order chi connectivity index (χ1) is 9.19. The quantitative estimate of drug-likeness (QED) is 0.661. The summed E-state index contributed by atoms with van der Waals surface area (Å²) in [4.78, 5) is 0. The van der Waals surface area contributed by atoms with Crippen LogP contribution in [0.4, 0.5) is 0 Å². The minimum absolute atomic E-state index is 0.546. The van der Waals surface area contributed by atoms with Gasteiger partial charge in [0.2, 0.25) is 0 Å². The normalized spacial score (nSPS) is 12.4. The predicted octanol–water partition coefficient (Wildman–Crippen LogP) is 5.64. The first-order valence-electron chi connectivity index (χ1n) is 7.02. The van der Waals surface area contributed by atoms with Gasteiger partial charge in [0, 0.05) is 5.02 Å². The van der Waals surface area contributed by atoms with Gasteiger partial charge in [-0.1, -0.05) is 61.8 Å². The van der Waals surface area contributed by atoms with Gasteiger partial charge in [0.1, 0.15) is 0 Å². The summed E-state index contributed by atoms with van der Waals surface area (Å²) in [5.41, 5.74) is 4.10. The Morgan fingerprint density at radius 2 is 1.74 bits per heavy atom. The number of benzene rings is 2. The van der Waals surface area contributed by atoms with Gasteiger partial charge in [0.25, 0.3) is 0 Å². The average molecular weight is 273 g/mol. The number of halogens is 1. The predicted molar refractivity (Wildman–Crippen MR) is 84.0 cm³/mol. The third kappa shape index (κ3) is 4.11. The van der Waals surface area contributed by atoms with E-state index in [9.17, 15) is 0 Å². The molecule has 0 spiro atoms. The van der Waals surface area contributed by atoms with Crippen molar-refractivity contribution in [2.75, 3.05) is 0 Å². The third-order valence-electron chi connectivity index (χ3n) is 3.67. The van der Waals surface area contributed by atoms with E-state index in [1.165, 1.54) is 16.7 Å². The second-order valence-electron chi connectivity index (χ2n) is 5.17. The highest BCUT2D eigenvalue weighted by Gasteiger charge is 2.08. The Morgan fingerprint density at radius 3 is 2.42 bits per heavy atom. The van der Waals surface area contributed by atoms with Crippen molar-refractivity contribution in [2.45, 2.75) is 39.0 Å². The topological polar surface area (TPSA) is 0 Å². The molecule has 0 aromatic heterocycles. The molecular weight excluding hydrogens is 252 g/mol. The van der Waals surface area contributed by atoms with Crippen LogP contribution in [0.2, 0.25) is 5.02 Å². The third-order valence-corrected chi connectivity index (χ3v) is 3.88. The summed E-state index contributed by atoms with van der Waals surface area (Å²) in [7, 11) is 0. The van der Waals surface area contributed by atoms with Crippen LogP contribution in [0.15, 0.2) is 48.5 Å². The Morgan fingerprint density at radius 1 is 1.00 bits per heavy atom. The van der Waals surface area contributed by atoms with E-state index in [4.69, 9.17) is 11.6 Å². The molecule has 0 amide bonds. The van der Waals surface area contributed by atoms with Crippen LogP contribution < -0.4 is 0 Å². The summed E-state index contributed by atoms with van der Waals surface area (Å²) in [6.07, 6.45) is 3.32. The summed E-state index contributed by atoms with van der Waals surface area (Å²) >= 11 is 6.19. The van der Waals surface area contributed by atoms with Crippen molar-refractivity contribution in [3.05, 3.63) is 70.2 Å². The molecule has 0 aliphatic carbocycles. The van der Waals surface area contributed by atoms with Gasteiger partial charge < -0.3 is 0 Å². The van der Waals surface area contributed by atoms with E-state index in [-0.39, 0.29) is 0 Å². The van der Waals surface area contributed by atoms with Gasteiger partial charge in [-0.15, -0.1) is 0 Å². The molecule has 1 heteroatoms. The highest BCUT2D eigenvalue weighted by atomic mass is 35.5. The van der Waals surface area contributed by atoms with Crippen molar-refractivity contribution in [2.24, 2.45) is 0 Å². The standard InChI is InChI=1S/C18H21Cl/c1-3-15-11-17(13-18(19)12-15)14(2)9-10-16-7-5-4-6-8-16/h4-8,11-14H,3,9-10H2,1-2H3. The lowest BCUT2D eigenvalue weighted by Gasteiger charge is -2.14. The zero-order chi connectivity index (χ0) is 13.7. The second kappa shape index (κ2) is 6.77. The molecule has 0 fully saturated rings. The maximum atomic E-state index is 6.19. The summed E-state index contributed by atoms with van der Waals surface area (Å²) in [5, 5.41) is 0.862. The van der Waals surface area contributed by atoms with Crippen LogP contribution in [0, 0.1) is 0 Å². The first kappa shape index (κ1) is 14.1. The van der Waals surface area contributed by atoms with Gasteiger partial charge in [-0.2, -0.15) is 0 Å². The van der Waals surface area contributed by atoms with E-state index in [0.29, 0.717) is 5.92 Å². The smallest absolute Gasteiger partial charge is 0.0411 e. The fraction of sp³-hybridized carbons (Fsp3) is 0.333. The molecule has 2 aromatic carbocycles. The molecule has 0 N–H and O–H groups in total. The Hall–Kier alpha value is -1.27.